The molecule has 1 amide bonds. The van der Waals surface area contributed by atoms with E-state index < -0.39 is 0 Å². The van der Waals surface area contributed by atoms with Gasteiger partial charge in [-0.3, -0.25) is 4.79 Å². The molecule has 1 saturated heterocycles. The first-order valence-electron chi connectivity index (χ1n) is 9.06. The van der Waals surface area contributed by atoms with Gasteiger partial charge in [0.2, 0.25) is 5.91 Å². The summed E-state index contributed by atoms with van der Waals surface area (Å²) in [5.74, 6) is 1.63. The topological polar surface area (TPSA) is 66.6 Å². The van der Waals surface area contributed by atoms with E-state index in [2.05, 4.69) is 32.1 Å². The molecule has 0 unspecified atom stereocenters. The van der Waals surface area contributed by atoms with E-state index in [1.807, 2.05) is 43.1 Å². The minimum Gasteiger partial charge on any atom is -0.352 e. The van der Waals surface area contributed by atoms with Crippen LogP contribution in [0.3, 0.4) is 0 Å². The first kappa shape index (κ1) is 17.2. The summed E-state index contributed by atoms with van der Waals surface area (Å²) in [6.07, 6.45) is 5.08. The van der Waals surface area contributed by atoms with E-state index in [0.29, 0.717) is 18.9 Å². The summed E-state index contributed by atoms with van der Waals surface area (Å²) in [5.41, 5.74) is 3.12. The molecule has 3 aromatic rings. The van der Waals surface area contributed by atoms with Crippen LogP contribution in [-0.2, 0) is 4.79 Å². The van der Waals surface area contributed by atoms with Gasteiger partial charge < -0.3 is 9.80 Å². The van der Waals surface area contributed by atoms with Gasteiger partial charge in [0.1, 0.15) is 12.1 Å². The molecule has 7 nitrogen and oxygen atoms in total. The molecule has 0 bridgehead atoms. The molecule has 1 fully saturated rings. The van der Waals surface area contributed by atoms with Crippen molar-refractivity contribution < 1.29 is 4.79 Å². The van der Waals surface area contributed by atoms with Crippen LogP contribution in [0.2, 0.25) is 0 Å². The largest absolute Gasteiger partial charge is 0.352 e. The van der Waals surface area contributed by atoms with E-state index in [4.69, 9.17) is 0 Å². The van der Waals surface area contributed by atoms with Crippen molar-refractivity contribution in [2.24, 2.45) is 0 Å². The quantitative estimate of drug-likeness (QED) is 0.670. The summed E-state index contributed by atoms with van der Waals surface area (Å²) in [4.78, 5) is 25.1. The number of allylic oxidation sites excluding steroid dienone is 1. The van der Waals surface area contributed by atoms with E-state index in [1.165, 1.54) is 6.33 Å². The molecule has 7 heteroatoms. The number of hydrogen-bond acceptors (Lipinski definition) is 5. The molecule has 27 heavy (non-hydrogen) atoms. The van der Waals surface area contributed by atoms with Crippen LogP contribution < -0.4 is 4.90 Å². The minimum absolute atomic E-state index is 0.0820. The molecule has 0 N–H and O–H groups in total. The Labute approximate surface area is 158 Å². The minimum atomic E-state index is 0.0820. The Morgan fingerprint density at radius 1 is 1.04 bits per heavy atom. The first-order valence-corrected chi connectivity index (χ1v) is 9.06. The lowest BCUT2D eigenvalue weighted by atomic mass is 10.1. The Bertz CT molecular complexity index is 982. The molecule has 0 atom stereocenters. The molecule has 1 aliphatic rings. The summed E-state index contributed by atoms with van der Waals surface area (Å²) in [7, 11) is 0. The van der Waals surface area contributed by atoms with Crippen molar-refractivity contribution in [1.82, 2.24) is 24.5 Å². The average Bonchev–Trinajstić information content (AvgIpc) is 3.16. The van der Waals surface area contributed by atoms with Crippen molar-refractivity contribution in [3.05, 3.63) is 54.5 Å². The second-order valence-corrected chi connectivity index (χ2v) is 6.87. The Morgan fingerprint density at radius 2 is 1.78 bits per heavy atom. The highest BCUT2D eigenvalue weighted by Crippen LogP contribution is 2.30. The maximum absolute atomic E-state index is 12.3. The standard InChI is InChI=1S/C20H22N6O/c1-15(2)12-18(27)24-8-10-25(11-9-24)19-17(16-6-4-3-5-7-16)13-21-20-22-14-23-26(19)20/h3-7,12-14H,8-11H2,1-2H3. The second kappa shape index (κ2) is 7.19. The first-order chi connectivity index (χ1) is 13.1. The lowest BCUT2D eigenvalue weighted by Gasteiger charge is -2.36. The van der Waals surface area contributed by atoms with Crippen molar-refractivity contribution >= 4 is 17.5 Å². The summed E-state index contributed by atoms with van der Waals surface area (Å²) in [6.45, 7) is 6.71. The van der Waals surface area contributed by atoms with Gasteiger partial charge in [-0.25, -0.2) is 4.98 Å². The number of carbonyl (C=O) groups is 1. The number of carbonyl (C=O) groups excluding carboxylic acids is 1. The molecule has 1 aromatic carbocycles. The van der Waals surface area contributed by atoms with Gasteiger partial charge in [0, 0.05) is 44.0 Å². The van der Waals surface area contributed by atoms with Crippen molar-refractivity contribution in [2.75, 3.05) is 31.1 Å². The highest BCUT2D eigenvalue weighted by atomic mass is 16.2. The molecule has 138 valence electrons. The third kappa shape index (κ3) is 3.40. The van der Waals surface area contributed by atoms with Gasteiger partial charge in [-0.2, -0.15) is 14.6 Å². The van der Waals surface area contributed by atoms with E-state index in [1.54, 1.807) is 10.6 Å². The van der Waals surface area contributed by atoms with Crippen LogP contribution in [0.1, 0.15) is 13.8 Å². The fourth-order valence-corrected chi connectivity index (χ4v) is 3.37. The van der Waals surface area contributed by atoms with Gasteiger partial charge in [0.25, 0.3) is 5.78 Å². The molecule has 0 saturated carbocycles. The number of fused-ring (bicyclic) bond motifs is 1. The normalized spacial score (nSPS) is 14.4. The third-order valence-corrected chi connectivity index (χ3v) is 4.67. The highest BCUT2D eigenvalue weighted by Gasteiger charge is 2.24. The Morgan fingerprint density at radius 3 is 2.48 bits per heavy atom. The Kier molecular flexibility index (Phi) is 4.58. The van der Waals surface area contributed by atoms with E-state index in [0.717, 1.165) is 35.6 Å². The molecule has 1 aliphatic heterocycles. The zero-order valence-electron chi connectivity index (χ0n) is 15.5. The SMILES string of the molecule is CC(C)=CC(=O)N1CCN(c2c(-c3ccccc3)cnc3ncnn23)CC1. The molecule has 4 rings (SSSR count). The van der Waals surface area contributed by atoms with Crippen LogP contribution >= 0.6 is 0 Å². The number of rotatable bonds is 3. The number of amides is 1. The second-order valence-electron chi connectivity index (χ2n) is 6.87. The maximum atomic E-state index is 12.3. The number of benzene rings is 1. The average molecular weight is 362 g/mol. The van der Waals surface area contributed by atoms with Crippen LogP contribution in [0.15, 0.2) is 54.5 Å². The number of anilines is 1. The summed E-state index contributed by atoms with van der Waals surface area (Å²) in [5, 5.41) is 4.38. The smallest absolute Gasteiger partial charge is 0.254 e. The summed E-state index contributed by atoms with van der Waals surface area (Å²) < 4.78 is 1.79. The van der Waals surface area contributed by atoms with Crippen LogP contribution in [0.25, 0.3) is 16.9 Å². The maximum Gasteiger partial charge on any atom is 0.254 e. The monoisotopic (exact) mass is 362 g/mol. The number of nitrogens with zero attached hydrogens (tertiary/aromatic N) is 6. The zero-order valence-corrected chi connectivity index (χ0v) is 15.5. The zero-order chi connectivity index (χ0) is 18.8. The molecular weight excluding hydrogens is 340 g/mol. The van der Waals surface area contributed by atoms with E-state index in [-0.39, 0.29) is 5.91 Å². The van der Waals surface area contributed by atoms with Crippen molar-refractivity contribution in [3.63, 3.8) is 0 Å². The lowest BCUT2D eigenvalue weighted by molar-refractivity contribution is -0.126. The van der Waals surface area contributed by atoms with Gasteiger partial charge in [-0.15, -0.1) is 0 Å². The molecule has 0 radical (unpaired) electrons. The molecular formula is C20H22N6O. The van der Waals surface area contributed by atoms with Crippen LogP contribution in [0.4, 0.5) is 5.82 Å². The summed E-state index contributed by atoms with van der Waals surface area (Å²) >= 11 is 0. The van der Waals surface area contributed by atoms with Crippen molar-refractivity contribution in [2.45, 2.75) is 13.8 Å². The van der Waals surface area contributed by atoms with Crippen LogP contribution in [0.5, 0.6) is 0 Å². The van der Waals surface area contributed by atoms with Crippen LogP contribution in [0, 0.1) is 0 Å². The Balaban J connectivity index is 1.67. The lowest BCUT2D eigenvalue weighted by Crippen LogP contribution is -2.49. The molecule has 3 heterocycles. The summed E-state index contributed by atoms with van der Waals surface area (Å²) in [6, 6.07) is 10.2. The number of hydrogen-bond donors (Lipinski definition) is 0. The third-order valence-electron chi connectivity index (χ3n) is 4.67. The van der Waals surface area contributed by atoms with Gasteiger partial charge in [0.15, 0.2) is 0 Å². The molecule has 2 aromatic heterocycles. The van der Waals surface area contributed by atoms with Crippen molar-refractivity contribution in [3.8, 4) is 11.1 Å². The fourth-order valence-electron chi connectivity index (χ4n) is 3.37. The highest BCUT2D eigenvalue weighted by molar-refractivity contribution is 5.88. The fraction of sp³-hybridized carbons (Fsp3) is 0.300. The van der Waals surface area contributed by atoms with E-state index in [9.17, 15) is 4.79 Å². The van der Waals surface area contributed by atoms with Crippen molar-refractivity contribution in [1.29, 1.82) is 0 Å². The number of piperazine rings is 1. The van der Waals surface area contributed by atoms with Gasteiger partial charge >= 0.3 is 0 Å². The number of aromatic nitrogens is 4. The van der Waals surface area contributed by atoms with Gasteiger partial charge in [0.05, 0.1) is 0 Å². The predicted molar refractivity (Wildman–Crippen MR) is 104 cm³/mol. The van der Waals surface area contributed by atoms with Gasteiger partial charge in [-0.1, -0.05) is 35.9 Å². The van der Waals surface area contributed by atoms with Gasteiger partial charge in [-0.05, 0) is 19.4 Å². The predicted octanol–water partition coefficient (Wildman–Crippen LogP) is 2.41. The van der Waals surface area contributed by atoms with E-state index >= 15 is 0 Å². The van der Waals surface area contributed by atoms with Crippen LogP contribution in [-0.4, -0.2) is 56.6 Å². The molecule has 0 spiro atoms. The Hall–Kier alpha value is -3.22. The molecule has 0 aliphatic carbocycles.